The maximum absolute atomic E-state index is 12.3. The van der Waals surface area contributed by atoms with E-state index in [1.807, 2.05) is 30.3 Å². The first-order valence-corrected chi connectivity index (χ1v) is 11.2. The number of halogens is 2. The minimum atomic E-state index is -1.15. The standard InChI is InChI=1S/C25H20Cl2N2O5/c1-32-21-10-8-15(22(25(30)31)23(21)33-2)24-29-19(14-5-3-4-6-20(14)34-24)12-18(28-29)13-7-9-16(26)17(27)11-13/h3-11,19,24H,12H2,1-2H3,(H,30,31)/t19-,24+/m0/s1. The molecular weight excluding hydrogens is 479 g/mol. The van der Waals surface area contributed by atoms with Crippen molar-refractivity contribution in [2.75, 3.05) is 14.2 Å². The predicted octanol–water partition coefficient (Wildman–Crippen LogP) is 5.95. The van der Waals surface area contributed by atoms with Crippen LogP contribution in [0.3, 0.4) is 0 Å². The first-order chi connectivity index (χ1) is 16.4. The van der Waals surface area contributed by atoms with E-state index in [0.29, 0.717) is 33.5 Å². The van der Waals surface area contributed by atoms with E-state index < -0.39 is 12.2 Å². The second-order valence-electron chi connectivity index (χ2n) is 7.85. The molecule has 34 heavy (non-hydrogen) atoms. The Morgan fingerprint density at radius 2 is 1.85 bits per heavy atom. The first-order valence-electron chi connectivity index (χ1n) is 10.5. The smallest absolute Gasteiger partial charge is 0.340 e. The van der Waals surface area contributed by atoms with Crippen LogP contribution in [0, 0.1) is 0 Å². The number of carboxylic acids is 1. The highest BCUT2D eigenvalue weighted by Crippen LogP contribution is 2.49. The highest BCUT2D eigenvalue weighted by Gasteiger charge is 2.43. The number of fused-ring (bicyclic) bond motifs is 3. The van der Waals surface area contributed by atoms with Gasteiger partial charge in [0, 0.05) is 17.5 Å². The number of nitrogens with zero attached hydrogens (tertiary/aromatic N) is 2. The Morgan fingerprint density at radius 1 is 1.06 bits per heavy atom. The lowest BCUT2D eigenvalue weighted by Crippen LogP contribution is -2.34. The Kier molecular flexibility index (Phi) is 5.75. The molecule has 7 nitrogen and oxygen atoms in total. The molecule has 0 saturated carbocycles. The van der Waals surface area contributed by atoms with E-state index in [1.165, 1.54) is 14.2 Å². The van der Waals surface area contributed by atoms with Gasteiger partial charge in [0.2, 0.25) is 6.23 Å². The average molecular weight is 499 g/mol. The fourth-order valence-corrected chi connectivity index (χ4v) is 4.76. The number of hydrogen-bond donors (Lipinski definition) is 1. The highest BCUT2D eigenvalue weighted by molar-refractivity contribution is 6.42. The van der Waals surface area contributed by atoms with Crippen molar-refractivity contribution in [3.05, 3.63) is 86.9 Å². The van der Waals surface area contributed by atoms with Crippen LogP contribution in [-0.4, -0.2) is 36.0 Å². The molecule has 0 bridgehead atoms. The number of ether oxygens (including phenoxy) is 3. The molecule has 2 aliphatic rings. The van der Waals surface area contributed by atoms with Crippen molar-refractivity contribution in [2.45, 2.75) is 18.7 Å². The summed E-state index contributed by atoms with van der Waals surface area (Å²) in [5.41, 5.74) is 2.97. The number of carbonyl (C=O) groups is 1. The molecule has 2 atom stereocenters. The van der Waals surface area contributed by atoms with Gasteiger partial charge >= 0.3 is 5.97 Å². The molecule has 0 amide bonds. The number of hydrazone groups is 1. The van der Waals surface area contributed by atoms with Gasteiger partial charge in [0.25, 0.3) is 0 Å². The van der Waals surface area contributed by atoms with Gasteiger partial charge in [-0.1, -0.05) is 47.5 Å². The fourth-order valence-electron chi connectivity index (χ4n) is 4.46. The molecule has 0 saturated heterocycles. The minimum absolute atomic E-state index is 0.0387. The van der Waals surface area contributed by atoms with Gasteiger partial charge in [-0.25, -0.2) is 9.80 Å². The molecule has 2 aliphatic heterocycles. The molecule has 5 rings (SSSR count). The normalized spacial score (nSPS) is 18.5. The van der Waals surface area contributed by atoms with E-state index >= 15 is 0 Å². The number of hydrogen-bond acceptors (Lipinski definition) is 6. The van der Waals surface area contributed by atoms with Crippen LogP contribution < -0.4 is 14.2 Å². The van der Waals surface area contributed by atoms with E-state index in [2.05, 4.69) is 0 Å². The molecule has 2 heterocycles. The number of benzene rings is 3. The van der Waals surface area contributed by atoms with Crippen LogP contribution in [0.25, 0.3) is 0 Å². The van der Waals surface area contributed by atoms with Crippen LogP contribution in [-0.2, 0) is 0 Å². The Morgan fingerprint density at radius 3 is 2.56 bits per heavy atom. The Balaban J connectivity index is 1.67. The summed E-state index contributed by atoms with van der Waals surface area (Å²) in [4.78, 5) is 12.3. The van der Waals surface area contributed by atoms with Gasteiger partial charge in [-0.2, -0.15) is 5.10 Å². The zero-order chi connectivity index (χ0) is 24.0. The lowest BCUT2D eigenvalue weighted by molar-refractivity contribution is -0.0199. The zero-order valence-corrected chi connectivity index (χ0v) is 19.8. The third kappa shape index (κ3) is 3.61. The summed E-state index contributed by atoms with van der Waals surface area (Å²) in [6.07, 6.45) is -0.212. The maximum atomic E-state index is 12.3. The molecule has 0 unspecified atom stereocenters. The lowest BCUT2D eigenvalue weighted by atomic mass is 9.95. The molecule has 9 heteroatoms. The van der Waals surface area contributed by atoms with Gasteiger partial charge in [-0.15, -0.1) is 0 Å². The van der Waals surface area contributed by atoms with Crippen molar-refractivity contribution in [3.63, 3.8) is 0 Å². The molecule has 3 aromatic carbocycles. The van der Waals surface area contributed by atoms with Gasteiger partial charge in [-0.3, -0.25) is 0 Å². The number of rotatable bonds is 5. The van der Waals surface area contributed by atoms with Crippen LogP contribution >= 0.6 is 23.2 Å². The van der Waals surface area contributed by atoms with Crippen molar-refractivity contribution in [1.29, 1.82) is 0 Å². The van der Waals surface area contributed by atoms with E-state index in [4.69, 9.17) is 42.5 Å². The van der Waals surface area contributed by atoms with Crippen LogP contribution in [0.15, 0.2) is 59.7 Å². The highest BCUT2D eigenvalue weighted by atomic mass is 35.5. The van der Waals surface area contributed by atoms with Crippen molar-refractivity contribution in [2.24, 2.45) is 5.10 Å². The average Bonchev–Trinajstić information content (AvgIpc) is 3.30. The quantitative estimate of drug-likeness (QED) is 0.467. The fraction of sp³-hybridized carbons (Fsp3) is 0.200. The molecule has 1 N–H and O–H groups in total. The molecular formula is C25H20Cl2N2O5. The summed E-state index contributed by atoms with van der Waals surface area (Å²) in [5.74, 6) is -0.0414. The molecule has 0 aliphatic carbocycles. The second-order valence-corrected chi connectivity index (χ2v) is 8.67. The molecule has 174 valence electrons. The zero-order valence-electron chi connectivity index (χ0n) is 18.3. The number of methoxy groups -OCH3 is 2. The summed E-state index contributed by atoms with van der Waals surface area (Å²) in [5, 5.41) is 17.6. The van der Waals surface area contributed by atoms with E-state index in [9.17, 15) is 9.90 Å². The van der Waals surface area contributed by atoms with E-state index in [1.54, 1.807) is 29.3 Å². The maximum Gasteiger partial charge on any atom is 0.340 e. The van der Waals surface area contributed by atoms with Crippen molar-refractivity contribution >= 4 is 34.9 Å². The number of para-hydroxylation sites is 1. The largest absolute Gasteiger partial charge is 0.493 e. The van der Waals surface area contributed by atoms with Gasteiger partial charge in [0.15, 0.2) is 11.5 Å². The number of aromatic carboxylic acids is 1. The Hall–Kier alpha value is -3.42. The van der Waals surface area contributed by atoms with Crippen molar-refractivity contribution in [3.8, 4) is 17.2 Å². The molecule has 0 spiro atoms. The van der Waals surface area contributed by atoms with Gasteiger partial charge < -0.3 is 19.3 Å². The Labute approximate surface area is 206 Å². The molecule has 3 aromatic rings. The second kappa shape index (κ2) is 8.74. The van der Waals surface area contributed by atoms with E-state index in [0.717, 1.165) is 16.8 Å². The third-order valence-corrected chi connectivity index (χ3v) is 6.75. The monoisotopic (exact) mass is 498 g/mol. The summed E-state index contributed by atoms with van der Waals surface area (Å²) in [6, 6.07) is 16.2. The van der Waals surface area contributed by atoms with Crippen molar-refractivity contribution < 1.29 is 24.1 Å². The van der Waals surface area contributed by atoms with Crippen LogP contribution in [0.4, 0.5) is 0 Å². The minimum Gasteiger partial charge on any atom is -0.493 e. The third-order valence-electron chi connectivity index (χ3n) is 6.01. The van der Waals surface area contributed by atoms with E-state index in [-0.39, 0.29) is 17.4 Å². The molecule has 0 radical (unpaired) electrons. The lowest BCUT2D eigenvalue weighted by Gasteiger charge is -2.38. The summed E-state index contributed by atoms with van der Waals surface area (Å²) in [7, 11) is 2.87. The van der Waals surface area contributed by atoms with Gasteiger partial charge in [-0.05, 0) is 35.9 Å². The van der Waals surface area contributed by atoms with Crippen LogP contribution in [0.2, 0.25) is 10.0 Å². The van der Waals surface area contributed by atoms with Crippen LogP contribution in [0.5, 0.6) is 17.2 Å². The summed E-state index contributed by atoms with van der Waals surface area (Å²) < 4.78 is 17.1. The number of carboxylic acid groups (broad SMARTS) is 1. The van der Waals surface area contributed by atoms with Crippen LogP contribution in [0.1, 0.15) is 45.7 Å². The topological polar surface area (TPSA) is 80.6 Å². The summed E-state index contributed by atoms with van der Waals surface area (Å²) in [6.45, 7) is 0. The van der Waals surface area contributed by atoms with Gasteiger partial charge in [0.05, 0.1) is 36.0 Å². The van der Waals surface area contributed by atoms with Gasteiger partial charge in [0.1, 0.15) is 11.3 Å². The Bertz CT molecular complexity index is 1330. The SMILES string of the molecule is COc1ccc([C@H]2Oc3ccccc3[C@@H]3CC(c4ccc(Cl)c(Cl)c4)=NN23)c(C(=O)O)c1OC. The first kappa shape index (κ1) is 22.4. The molecule has 0 aromatic heterocycles. The van der Waals surface area contributed by atoms with Crippen molar-refractivity contribution in [1.82, 2.24) is 5.01 Å². The predicted molar refractivity (Wildman–Crippen MR) is 129 cm³/mol. The molecule has 0 fully saturated rings. The summed E-state index contributed by atoms with van der Waals surface area (Å²) >= 11 is 12.4.